The number of hydrogen-bond acceptors (Lipinski definition) is 3. The summed E-state index contributed by atoms with van der Waals surface area (Å²) in [6, 6.07) is 0. The minimum Gasteiger partial charge on any atom is -0.338 e. The molecule has 0 aliphatic heterocycles. The zero-order chi connectivity index (χ0) is 12.7. The molecule has 0 aliphatic carbocycles. The average molecular weight is 264 g/mol. The van der Waals surface area contributed by atoms with Crippen LogP contribution in [0.3, 0.4) is 0 Å². The molecular weight excluding hydrogens is 252 g/mol. The molecule has 6 nitrogen and oxygen atoms in total. The van der Waals surface area contributed by atoms with E-state index in [0.29, 0.717) is 17.4 Å². The number of H-pyrrole nitrogens is 2. The monoisotopic (exact) mass is 263 g/mol. The Balaban J connectivity index is 2.30. The summed E-state index contributed by atoms with van der Waals surface area (Å²) in [7, 11) is 0. The zero-order valence-electron chi connectivity index (χ0n) is 9.98. The van der Waals surface area contributed by atoms with Crippen LogP contribution in [0.5, 0.6) is 0 Å². The van der Waals surface area contributed by atoms with Crippen molar-refractivity contribution in [2.75, 3.05) is 0 Å². The van der Waals surface area contributed by atoms with Crippen molar-refractivity contribution < 1.29 is 4.57 Å². The summed E-state index contributed by atoms with van der Waals surface area (Å²) >= 11 is 5.93. The van der Waals surface area contributed by atoms with Crippen molar-refractivity contribution in [3.8, 4) is 5.82 Å². The highest BCUT2D eigenvalue weighted by Gasteiger charge is 2.22. The first-order chi connectivity index (χ1) is 8.66. The predicted molar refractivity (Wildman–Crippen MR) is 66.7 cm³/mol. The van der Waals surface area contributed by atoms with Gasteiger partial charge in [-0.25, -0.2) is 9.55 Å². The van der Waals surface area contributed by atoms with E-state index in [1.807, 2.05) is 17.0 Å². The first kappa shape index (κ1) is 11.2. The Morgan fingerprint density at radius 1 is 1.28 bits per heavy atom. The van der Waals surface area contributed by atoms with Crippen molar-refractivity contribution in [1.29, 1.82) is 0 Å². The number of nitrogens with one attached hydrogen (secondary N) is 2. The minimum atomic E-state index is 0.188. The van der Waals surface area contributed by atoms with Crippen molar-refractivity contribution in [3.63, 3.8) is 0 Å². The van der Waals surface area contributed by atoms with Gasteiger partial charge < -0.3 is 4.98 Å². The van der Waals surface area contributed by atoms with E-state index < -0.39 is 0 Å². The Hall–Kier alpha value is -1.95. The molecule has 3 heterocycles. The number of rotatable bonds is 2. The van der Waals surface area contributed by atoms with Gasteiger partial charge in [0.05, 0.1) is 12.5 Å². The molecule has 3 rings (SSSR count). The molecule has 0 radical (unpaired) electrons. The van der Waals surface area contributed by atoms with Gasteiger partial charge in [-0.3, -0.25) is 4.98 Å². The van der Waals surface area contributed by atoms with Crippen LogP contribution >= 0.6 is 11.6 Å². The fraction of sp³-hybridized carbons (Fsp3) is 0.273. The lowest BCUT2D eigenvalue weighted by atomic mass is 10.2. The van der Waals surface area contributed by atoms with Gasteiger partial charge in [0.1, 0.15) is 6.20 Å². The number of halogens is 1. The molecule has 0 aliphatic rings. The normalized spacial score (nSPS) is 11.6. The fourth-order valence-electron chi connectivity index (χ4n) is 1.94. The van der Waals surface area contributed by atoms with E-state index in [9.17, 15) is 0 Å². The lowest BCUT2D eigenvalue weighted by Crippen LogP contribution is -2.35. The van der Waals surface area contributed by atoms with Crippen LogP contribution in [0, 0.1) is 0 Å². The second-order valence-corrected chi connectivity index (χ2v) is 4.63. The maximum Gasteiger partial charge on any atom is 0.301 e. The van der Waals surface area contributed by atoms with Gasteiger partial charge in [-0.15, -0.1) is 0 Å². The number of nitrogens with zero attached hydrogens (tertiary/aromatic N) is 4. The largest absolute Gasteiger partial charge is 0.338 e. The van der Waals surface area contributed by atoms with Crippen LogP contribution < -0.4 is 4.57 Å². The Morgan fingerprint density at radius 2 is 2.11 bits per heavy atom. The molecule has 3 aromatic rings. The van der Waals surface area contributed by atoms with Gasteiger partial charge >= 0.3 is 5.28 Å². The molecule has 0 unspecified atom stereocenters. The van der Waals surface area contributed by atoms with Gasteiger partial charge in [0.25, 0.3) is 5.82 Å². The molecule has 0 atom stereocenters. The summed E-state index contributed by atoms with van der Waals surface area (Å²) in [5, 5.41) is 0.188. The topological polar surface area (TPSA) is 74.1 Å². The van der Waals surface area contributed by atoms with E-state index in [2.05, 4.69) is 38.8 Å². The van der Waals surface area contributed by atoms with Crippen molar-refractivity contribution in [2.24, 2.45) is 0 Å². The number of aromatic nitrogens is 6. The van der Waals surface area contributed by atoms with Gasteiger partial charge in [0.2, 0.25) is 5.82 Å². The summed E-state index contributed by atoms with van der Waals surface area (Å²) in [5.41, 5.74) is 1.33. The van der Waals surface area contributed by atoms with E-state index in [0.717, 1.165) is 11.3 Å². The van der Waals surface area contributed by atoms with Gasteiger partial charge in [0.15, 0.2) is 11.2 Å². The molecule has 0 saturated carbocycles. The zero-order valence-corrected chi connectivity index (χ0v) is 10.7. The Kier molecular flexibility index (Phi) is 2.52. The van der Waals surface area contributed by atoms with E-state index in [1.54, 1.807) is 6.33 Å². The summed E-state index contributed by atoms with van der Waals surface area (Å²) in [6.07, 6.45) is 5.36. The third kappa shape index (κ3) is 1.65. The highest BCUT2D eigenvalue weighted by Crippen LogP contribution is 2.16. The highest BCUT2D eigenvalue weighted by molar-refractivity contribution is 6.28. The molecule has 92 valence electrons. The van der Waals surface area contributed by atoms with E-state index in [-0.39, 0.29) is 5.28 Å². The molecule has 18 heavy (non-hydrogen) atoms. The van der Waals surface area contributed by atoms with E-state index in [4.69, 9.17) is 11.6 Å². The second-order valence-electron chi connectivity index (χ2n) is 4.29. The maximum atomic E-state index is 5.93. The first-order valence-corrected chi connectivity index (χ1v) is 6.00. The molecule has 7 heteroatoms. The van der Waals surface area contributed by atoms with E-state index >= 15 is 0 Å². The van der Waals surface area contributed by atoms with Gasteiger partial charge in [-0.1, -0.05) is 18.8 Å². The molecular formula is C11H12ClN6+. The smallest absolute Gasteiger partial charge is 0.301 e. The van der Waals surface area contributed by atoms with Gasteiger partial charge in [0, 0.05) is 5.92 Å². The standard InChI is InChI=1S/C11H11ClN6/c1-6(2)9-13-3-4-18(9)10-7-8(15-5-14-7)16-11(12)17-10/h3-6H,1-2H3,(H,14,15,16,17)/p+1. The second kappa shape index (κ2) is 4.06. The summed E-state index contributed by atoms with van der Waals surface area (Å²) in [4.78, 5) is 18.7. The quantitative estimate of drug-likeness (QED) is 0.546. The molecule has 3 aromatic heterocycles. The SMILES string of the molecule is CC(C)c1[nH]cc[n+]1-c1nc(Cl)nc2nc[nH]c12. The summed E-state index contributed by atoms with van der Waals surface area (Å²) in [6.45, 7) is 4.21. The van der Waals surface area contributed by atoms with Crippen LogP contribution in [0.25, 0.3) is 17.0 Å². The summed E-state index contributed by atoms with van der Waals surface area (Å²) < 4.78 is 1.96. The number of aromatic amines is 2. The van der Waals surface area contributed by atoms with Crippen LogP contribution in [-0.2, 0) is 0 Å². The van der Waals surface area contributed by atoms with Crippen LogP contribution in [0.4, 0.5) is 0 Å². The van der Waals surface area contributed by atoms with Crippen LogP contribution in [0.2, 0.25) is 5.28 Å². The first-order valence-electron chi connectivity index (χ1n) is 5.62. The molecule has 2 N–H and O–H groups in total. The highest BCUT2D eigenvalue weighted by atomic mass is 35.5. The molecule has 0 saturated heterocycles. The molecule has 0 bridgehead atoms. The third-order valence-corrected chi connectivity index (χ3v) is 2.90. The van der Waals surface area contributed by atoms with E-state index in [1.165, 1.54) is 0 Å². The molecule has 0 spiro atoms. The van der Waals surface area contributed by atoms with Crippen LogP contribution in [0.15, 0.2) is 18.7 Å². The lowest BCUT2D eigenvalue weighted by Gasteiger charge is -2.03. The average Bonchev–Trinajstić information content (AvgIpc) is 2.95. The van der Waals surface area contributed by atoms with Crippen LogP contribution in [-0.4, -0.2) is 24.9 Å². The Bertz CT molecular complexity index is 698. The van der Waals surface area contributed by atoms with Gasteiger partial charge in [-0.05, 0) is 11.6 Å². The lowest BCUT2D eigenvalue weighted by molar-refractivity contribution is -0.606. The molecule has 0 fully saturated rings. The predicted octanol–water partition coefficient (Wildman–Crippen LogP) is 1.73. The van der Waals surface area contributed by atoms with Crippen molar-refractivity contribution in [1.82, 2.24) is 24.9 Å². The Labute approximate surface area is 108 Å². The van der Waals surface area contributed by atoms with Crippen molar-refractivity contribution >= 4 is 22.8 Å². The van der Waals surface area contributed by atoms with Crippen molar-refractivity contribution in [2.45, 2.75) is 19.8 Å². The number of fused-ring (bicyclic) bond motifs is 1. The van der Waals surface area contributed by atoms with Gasteiger partial charge in [-0.2, -0.15) is 4.98 Å². The summed E-state index contributed by atoms with van der Waals surface area (Å²) in [5.74, 6) is 2.08. The third-order valence-electron chi connectivity index (χ3n) is 2.73. The Morgan fingerprint density at radius 3 is 2.89 bits per heavy atom. The minimum absolute atomic E-state index is 0.188. The molecule has 0 amide bonds. The molecule has 0 aromatic carbocycles. The number of hydrogen-bond donors (Lipinski definition) is 2. The fourth-order valence-corrected chi connectivity index (χ4v) is 2.10. The van der Waals surface area contributed by atoms with Crippen LogP contribution in [0.1, 0.15) is 25.6 Å². The number of imidazole rings is 2. The maximum absolute atomic E-state index is 5.93. The van der Waals surface area contributed by atoms with Crippen molar-refractivity contribution in [3.05, 3.63) is 29.8 Å².